The second-order valence-electron chi connectivity index (χ2n) is 15.6. The van der Waals surface area contributed by atoms with E-state index in [4.69, 9.17) is 18.8 Å². The molecule has 1 atom stereocenters. The number of rotatable bonds is 4. The topological polar surface area (TPSA) is 55.9 Å². The zero-order valence-corrected chi connectivity index (χ0v) is 31.8. The van der Waals surface area contributed by atoms with Crippen LogP contribution in [0.1, 0.15) is 29.2 Å². The van der Waals surface area contributed by atoms with Crippen molar-refractivity contribution in [2.24, 2.45) is 9.98 Å². The van der Waals surface area contributed by atoms with E-state index in [1.54, 1.807) is 0 Å². The quantitative estimate of drug-likeness (QED) is 0.180. The Morgan fingerprint density at radius 2 is 1.12 bits per heavy atom. The van der Waals surface area contributed by atoms with Crippen molar-refractivity contribution in [3.8, 4) is 5.69 Å². The van der Waals surface area contributed by atoms with Crippen LogP contribution in [-0.4, -0.2) is 16.1 Å². The Bertz CT molecular complexity index is 3780. The molecule has 0 amide bonds. The smallest absolute Gasteiger partial charge is 0.159 e. The predicted octanol–water partition coefficient (Wildman–Crippen LogP) is 14.3. The standard InChI is InChI=1S/C54H33N3O2/c1-2-15-34-28-48-42(27-33(34)14-1)38-18-5-8-23-47(38)57(48)35-29-43-39-19-6-9-24-49(39)59-53(43)44(30-35)54-55-45(37-21-11-16-32-13-3-4-17-36(32)37)31-46(56-54)40-22-12-26-51-52(40)41-20-7-10-25-50(41)58-51/h1-30,46H,31H2. The summed E-state index contributed by atoms with van der Waals surface area (Å²) in [5.41, 5.74) is 10.7. The lowest BCUT2D eigenvalue weighted by Crippen LogP contribution is -2.18. The van der Waals surface area contributed by atoms with Gasteiger partial charge in [-0.05, 0) is 75.6 Å². The van der Waals surface area contributed by atoms with Gasteiger partial charge in [0, 0.05) is 50.0 Å². The van der Waals surface area contributed by atoms with Crippen molar-refractivity contribution < 1.29 is 8.83 Å². The molecule has 1 unspecified atom stereocenters. The van der Waals surface area contributed by atoms with Crippen LogP contribution >= 0.6 is 0 Å². The van der Waals surface area contributed by atoms with Crippen molar-refractivity contribution in [2.75, 3.05) is 0 Å². The molecule has 276 valence electrons. The summed E-state index contributed by atoms with van der Waals surface area (Å²) >= 11 is 0. The summed E-state index contributed by atoms with van der Waals surface area (Å²) in [6.07, 6.45) is 0.624. The second-order valence-corrected chi connectivity index (χ2v) is 15.6. The first-order chi connectivity index (χ1) is 29.2. The van der Waals surface area contributed by atoms with Gasteiger partial charge >= 0.3 is 0 Å². The number of aliphatic imine (C=N–C) groups is 2. The van der Waals surface area contributed by atoms with Gasteiger partial charge in [0.25, 0.3) is 0 Å². The van der Waals surface area contributed by atoms with Crippen LogP contribution in [0.25, 0.3) is 92.9 Å². The number of nitrogens with zero attached hydrogens (tertiary/aromatic N) is 3. The van der Waals surface area contributed by atoms with Crippen LogP contribution in [0, 0.1) is 0 Å². The van der Waals surface area contributed by atoms with E-state index < -0.39 is 0 Å². The van der Waals surface area contributed by atoms with E-state index in [9.17, 15) is 0 Å². The molecule has 0 saturated carbocycles. The van der Waals surface area contributed by atoms with Gasteiger partial charge in [0.1, 0.15) is 22.3 Å². The lowest BCUT2D eigenvalue weighted by atomic mass is 9.91. The summed E-state index contributed by atoms with van der Waals surface area (Å²) in [6, 6.07) is 64.3. The third kappa shape index (κ3) is 4.85. The minimum absolute atomic E-state index is 0.246. The van der Waals surface area contributed by atoms with Gasteiger partial charge in [-0.2, -0.15) is 0 Å². The zero-order valence-electron chi connectivity index (χ0n) is 31.8. The molecule has 59 heavy (non-hydrogen) atoms. The monoisotopic (exact) mass is 755 g/mol. The summed E-state index contributed by atoms with van der Waals surface area (Å²) in [7, 11) is 0. The largest absolute Gasteiger partial charge is 0.456 e. The summed E-state index contributed by atoms with van der Waals surface area (Å²) in [6.45, 7) is 0. The molecule has 13 rings (SSSR count). The van der Waals surface area contributed by atoms with E-state index in [1.807, 2.05) is 24.3 Å². The van der Waals surface area contributed by atoms with E-state index >= 15 is 0 Å². The number of aromatic nitrogens is 1. The SMILES string of the molecule is c1ccc2cc3c(cc2c1)c1ccccc1n3-c1cc(C2=NC(c3cccc4oc5ccccc5c34)CC(c3cccc4ccccc34)=N2)c2oc3ccccc3c2c1. The molecule has 12 aromatic rings. The van der Waals surface area contributed by atoms with E-state index in [0.717, 1.165) is 83.0 Å². The number of para-hydroxylation sites is 3. The summed E-state index contributed by atoms with van der Waals surface area (Å²) < 4.78 is 15.6. The Labute approximate surface area is 337 Å². The number of furan rings is 2. The van der Waals surface area contributed by atoms with Gasteiger partial charge in [-0.3, -0.25) is 4.99 Å². The number of amidine groups is 1. The fourth-order valence-corrected chi connectivity index (χ4v) is 9.66. The molecule has 5 heteroatoms. The van der Waals surface area contributed by atoms with Gasteiger partial charge in [0.15, 0.2) is 5.84 Å². The molecule has 0 bridgehead atoms. The average molecular weight is 756 g/mol. The van der Waals surface area contributed by atoms with Gasteiger partial charge < -0.3 is 13.4 Å². The minimum Gasteiger partial charge on any atom is -0.456 e. The first-order valence-electron chi connectivity index (χ1n) is 20.2. The number of benzene rings is 9. The van der Waals surface area contributed by atoms with E-state index in [-0.39, 0.29) is 6.04 Å². The van der Waals surface area contributed by atoms with Crippen LogP contribution in [0.4, 0.5) is 0 Å². The molecule has 0 spiro atoms. The van der Waals surface area contributed by atoms with Gasteiger partial charge in [-0.1, -0.05) is 133 Å². The number of hydrogen-bond acceptors (Lipinski definition) is 4. The van der Waals surface area contributed by atoms with E-state index in [0.29, 0.717) is 12.3 Å². The Balaban J connectivity index is 1.12. The highest BCUT2D eigenvalue weighted by Crippen LogP contribution is 2.42. The molecule has 3 aromatic heterocycles. The van der Waals surface area contributed by atoms with Crippen LogP contribution < -0.4 is 0 Å². The van der Waals surface area contributed by atoms with Gasteiger partial charge in [0.05, 0.1) is 28.4 Å². The molecule has 0 aliphatic carbocycles. The van der Waals surface area contributed by atoms with Crippen molar-refractivity contribution in [1.29, 1.82) is 0 Å². The van der Waals surface area contributed by atoms with Crippen molar-refractivity contribution >= 4 is 98.8 Å². The van der Waals surface area contributed by atoms with Crippen molar-refractivity contribution in [2.45, 2.75) is 12.5 Å². The maximum Gasteiger partial charge on any atom is 0.159 e. The molecule has 0 N–H and O–H groups in total. The third-order valence-corrected chi connectivity index (χ3v) is 12.3. The van der Waals surface area contributed by atoms with Crippen molar-refractivity contribution in [3.05, 3.63) is 199 Å². The third-order valence-electron chi connectivity index (χ3n) is 12.3. The molecule has 0 fully saturated rings. The van der Waals surface area contributed by atoms with Crippen LogP contribution in [-0.2, 0) is 0 Å². The minimum atomic E-state index is -0.246. The molecular formula is C54H33N3O2. The molecule has 1 aliphatic heterocycles. The van der Waals surface area contributed by atoms with E-state index in [2.05, 4.69) is 162 Å². The highest BCUT2D eigenvalue weighted by molar-refractivity contribution is 6.23. The van der Waals surface area contributed by atoms with Crippen LogP contribution in [0.15, 0.2) is 201 Å². The van der Waals surface area contributed by atoms with Gasteiger partial charge in [0.2, 0.25) is 0 Å². The highest BCUT2D eigenvalue weighted by Gasteiger charge is 2.28. The Morgan fingerprint density at radius 1 is 0.458 bits per heavy atom. The summed E-state index contributed by atoms with van der Waals surface area (Å²) in [5.74, 6) is 0.645. The molecule has 1 aliphatic rings. The lowest BCUT2D eigenvalue weighted by Gasteiger charge is -2.23. The average Bonchev–Trinajstić information content (AvgIpc) is 3.97. The maximum absolute atomic E-state index is 6.84. The fraction of sp³-hybridized carbons (Fsp3) is 0.0370. The number of hydrogen-bond donors (Lipinski definition) is 0. The van der Waals surface area contributed by atoms with Crippen LogP contribution in [0.2, 0.25) is 0 Å². The molecule has 4 heterocycles. The molecule has 9 aromatic carbocycles. The zero-order chi connectivity index (χ0) is 38.6. The second kappa shape index (κ2) is 12.4. The Morgan fingerprint density at radius 3 is 1.98 bits per heavy atom. The maximum atomic E-state index is 6.84. The fourth-order valence-electron chi connectivity index (χ4n) is 9.66. The lowest BCUT2D eigenvalue weighted by molar-refractivity contribution is 0.666. The summed E-state index contributed by atoms with van der Waals surface area (Å²) in [4.78, 5) is 11.2. The Kier molecular flexibility index (Phi) is 6.78. The summed E-state index contributed by atoms with van der Waals surface area (Å²) in [5, 5.41) is 11.4. The predicted molar refractivity (Wildman–Crippen MR) is 244 cm³/mol. The van der Waals surface area contributed by atoms with Gasteiger partial charge in [-0.15, -0.1) is 0 Å². The van der Waals surface area contributed by atoms with Gasteiger partial charge in [-0.25, -0.2) is 4.99 Å². The molecule has 0 radical (unpaired) electrons. The first kappa shape index (κ1) is 32.3. The highest BCUT2D eigenvalue weighted by atomic mass is 16.3. The van der Waals surface area contributed by atoms with Crippen molar-refractivity contribution in [3.63, 3.8) is 0 Å². The molecule has 5 nitrogen and oxygen atoms in total. The van der Waals surface area contributed by atoms with Crippen LogP contribution in [0.3, 0.4) is 0 Å². The first-order valence-corrected chi connectivity index (χ1v) is 20.2. The normalized spacial score (nSPS) is 14.7. The molecule has 0 saturated heterocycles. The number of fused-ring (bicyclic) bond motifs is 11. The van der Waals surface area contributed by atoms with Crippen molar-refractivity contribution in [1.82, 2.24) is 4.57 Å². The van der Waals surface area contributed by atoms with Crippen LogP contribution in [0.5, 0.6) is 0 Å². The molecular weight excluding hydrogens is 723 g/mol. The Hall–Kier alpha value is -7.76. The van der Waals surface area contributed by atoms with E-state index in [1.165, 1.54) is 32.3 Å².